The first-order valence-electron chi connectivity index (χ1n) is 5.40. The molecule has 0 saturated carbocycles. The number of hydrogen-bond acceptors (Lipinski definition) is 2. The van der Waals surface area contributed by atoms with Crippen molar-refractivity contribution in [3.05, 3.63) is 52.8 Å². The van der Waals surface area contributed by atoms with Crippen LogP contribution in [0.3, 0.4) is 0 Å². The van der Waals surface area contributed by atoms with Gasteiger partial charge in [0.2, 0.25) is 0 Å². The van der Waals surface area contributed by atoms with E-state index in [1.54, 1.807) is 13.0 Å². The van der Waals surface area contributed by atoms with E-state index in [0.717, 1.165) is 16.8 Å². The van der Waals surface area contributed by atoms with Crippen LogP contribution in [0.1, 0.15) is 27.3 Å². The molecule has 0 aliphatic carbocycles. The molecule has 1 aromatic heterocycles. The van der Waals surface area contributed by atoms with Crippen molar-refractivity contribution in [2.24, 2.45) is 0 Å². The number of hydrogen-bond donors (Lipinski definition) is 1. The SMILES string of the molecule is Cc1cc(C(=O)O)n(Cc2ccccc2C)n1. The standard InChI is InChI=1S/C13H14N2O2/c1-9-5-3-4-6-11(9)8-15-12(13(16)17)7-10(2)14-15/h3-7H,8H2,1-2H3,(H,16,17). The highest BCUT2D eigenvalue weighted by Gasteiger charge is 2.13. The van der Waals surface area contributed by atoms with Crippen LogP contribution in [-0.2, 0) is 6.54 Å². The summed E-state index contributed by atoms with van der Waals surface area (Å²) in [4.78, 5) is 11.0. The van der Waals surface area contributed by atoms with E-state index >= 15 is 0 Å². The van der Waals surface area contributed by atoms with Crippen LogP contribution >= 0.6 is 0 Å². The van der Waals surface area contributed by atoms with Crippen molar-refractivity contribution in [2.75, 3.05) is 0 Å². The number of carbonyl (C=O) groups is 1. The van der Waals surface area contributed by atoms with Gasteiger partial charge in [-0.2, -0.15) is 5.10 Å². The van der Waals surface area contributed by atoms with Gasteiger partial charge < -0.3 is 5.11 Å². The molecule has 1 N–H and O–H groups in total. The van der Waals surface area contributed by atoms with Crippen LogP contribution in [0.2, 0.25) is 0 Å². The van der Waals surface area contributed by atoms with E-state index in [0.29, 0.717) is 6.54 Å². The van der Waals surface area contributed by atoms with Gasteiger partial charge in [0.1, 0.15) is 5.69 Å². The molecule has 4 heteroatoms. The van der Waals surface area contributed by atoms with Gasteiger partial charge in [-0.1, -0.05) is 24.3 Å². The highest BCUT2D eigenvalue weighted by molar-refractivity contribution is 5.85. The van der Waals surface area contributed by atoms with Crippen molar-refractivity contribution >= 4 is 5.97 Å². The summed E-state index contributed by atoms with van der Waals surface area (Å²) in [5, 5.41) is 13.3. The molecule has 0 saturated heterocycles. The summed E-state index contributed by atoms with van der Waals surface area (Å²) in [5.41, 5.74) is 3.16. The van der Waals surface area contributed by atoms with Gasteiger partial charge in [-0.3, -0.25) is 4.68 Å². The van der Waals surface area contributed by atoms with Gasteiger partial charge in [-0.25, -0.2) is 4.79 Å². The van der Waals surface area contributed by atoms with Crippen molar-refractivity contribution in [2.45, 2.75) is 20.4 Å². The third-order valence-electron chi connectivity index (χ3n) is 2.70. The third kappa shape index (κ3) is 2.36. The summed E-state index contributed by atoms with van der Waals surface area (Å²) in [6, 6.07) is 9.48. The summed E-state index contributed by atoms with van der Waals surface area (Å²) in [7, 11) is 0. The predicted octanol–water partition coefficient (Wildman–Crippen LogP) is 2.25. The Morgan fingerprint density at radius 3 is 2.71 bits per heavy atom. The Morgan fingerprint density at radius 2 is 2.06 bits per heavy atom. The smallest absolute Gasteiger partial charge is 0.354 e. The lowest BCUT2D eigenvalue weighted by Crippen LogP contribution is -2.11. The maximum Gasteiger partial charge on any atom is 0.354 e. The van der Waals surface area contributed by atoms with E-state index in [-0.39, 0.29) is 5.69 Å². The molecule has 2 rings (SSSR count). The second kappa shape index (κ2) is 4.41. The molecular weight excluding hydrogens is 216 g/mol. The average molecular weight is 230 g/mol. The van der Waals surface area contributed by atoms with Crippen LogP contribution in [0, 0.1) is 13.8 Å². The van der Waals surface area contributed by atoms with Gasteiger partial charge in [0.05, 0.1) is 12.2 Å². The van der Waals surface area contributed by atoms with E-state index in [2.05, 4.69) is 5.10 Å². The molecule has 2 aromatic rings. The summed E-state index contributed by atoms with van der Waals surface area (Å²) >= 11 is 0. The first-order chi connectivity index (χ1) is 8.08. The topological polar surface area (TPSA) is 55.1 Å². The van der Waals surface area contributed by atoms with Gasteiger partial charge in [0.25, 0.3) is 0 Å². The molecule has 1 heterocycles. The Balaban J connectivity index is 2.36. The Hall–Kier alpha value is -2.10. The molecule has 17 heavy (non-hydrogen) atoms. The Bertz CT molecular complexity index is 558. The van der Waals surface area contributed by atoms with Gasteiger partial charge in [-0.05, 0) is 31.0 Å². The molecule has 0 aliphatic heterocycles. The number of aromatic nitrogens is 2. The predicted molar refractivity (Wildman–Crippen MR) is 64.2 cm³/mol. The first-order valence-corrected chi connectivity index (χ1v) is 5.40. The molecule has 0 unspecified atom stereocenters. The van der Waals surface area contributed by atoms with Crippen molar-refractivity contribution in [3.8, 4) is 0 Å². The molecule has 0 amide bonds. The monoisotopic (exact) mass is 230 g/mol. The lowest BCUT2D eigenvalue weighted by atomic mass is 10.1. The van der Waals surface area contributed by atoms with E-state index in [1.807, 2.05) is 31.2 Å². The second-order valence-electron chi connectivity index (χ2n) is 4.06. The maximum absolute atomic E-state index is 11.0. The molecule has 0 atom stereocenters. The van der Waals surface area contributed by atoms with E-state index < -0.39 is 5.97 Å². The third-order valence-corrected chi connectivity index (χ3v) is 2.70. The van der Waals surface area contributed by atoms with Crippen LogP contribution in [0.5, 0.6) is 0 Å². The number of aromatic carboxylic acids is 1. The minimum atomic E-state index is -0.945. The summed E-state index contributed by atoms with van der Waals surface area (Å²) in [6.45, 7) is 4.29. The number of benzene rings is 1. The maximum atomic E-state index is 11.0. The lowest BCUT2D eigenvalue weighted by Gasteiger charge is -2.07. The van der Waals surface area contributed by atoms with Crippen LogP contribution in [0.15, 0.2) is 30.3 Å². The normalized spacial score (nSPS) is 10.5. The molecule has 0 aliphatic rings. The fraction of sp³-hybridized carbons (Fsp3) is 0.231. The van der Waals surface area contributed by atoms with E-state index in [1.165, 1.54) is 4.68 Å². The summed E-state index contributed by atoms with van der Waals surface area (Å²) in [6.07, 6.45) is 0. The van der Waals surface area contributed by atoms with Crippen LogP contribution < -0.4 is 0 Å². The van der Waals surface area contributed by atoms with Crippen LogP contribution in [0.25, 0.3) is 0 Å². The number of nitrogens with zero attached hydrogens (tertiary/aromatic N) is 2. The minimum Gasteiger partial charge on any atom is -0.477 e. The quantitative estimate of drug-likeness (QED) is 0.879. The van der Waals surface area contributed by atoms with Crippen LogP contribution in [0.4, 0.5) is 0 Å². The zero-order valence-corrected chi connectivity index (χ0v) is 9.84. The fourth-order valence-electron chi connectivity index (χ4n) is 1.79. The van der Waals surface area contributed by atoms with Gasteiger partial charge in [0.15, 0.2) is 0 Å². The molecular formula is C13H14N2O2. The molecule has 88 valence electrons. The van der Waals surface area contributed by atoms with E-state index in [4.69, 9.17) is 5.11 Å². The lowest BCUT2D eigenvalue weighted by molar-refractivity contribution is 0.0684. The summed E-state index contributed by atoms with van der Waals surface area (Å²) < 4.78 is 1.53. The van der Waals surface area contributed by atoms with Gasteiger partial charge >= 0.3 is 5.97 Å². The number of carboxylic acid groups (broad SMARTS) is 1. The van der Waals surface area contributed by atoms with Crippen molar-refractivity contribution in [1.29, 1.82) is 0 Å². The molecule has 0 spiro atoms. The Morgan fingerprint density at radius 1 is 1.35 bits per heavy atom. The molecule has 4 nitrogen and oxygen atoms in total. The number of carboxylic acids is 1. The molecule has 0 radical (unpaired) electrons. The molecule has 1 aromatic carbocycles. The highest BCUT2D eigenvalue weighted by atomic mass is 16.4. The van der Waals surface area contributed by atoms with Gasteiger partial charge in [-0.15, -0.1) is 0 Å². The van der Waals surface area contributed by atoms with Crippen LogP contribution in [-0.4, -0.2) is 20.9 Å². The zero-order valence-electron chi connectivity index (χ0n) is 9.84. The van der Waals surface area contributed by atoms with Crippen molar-refractivity contribution in [3.63, 3.8) is 0 Å². The largest absolute Gasteiger partial charge is 0.477 e. The Labute approximate surface area is 99.5 Å². The highest BCUT2D eigenvalue weighted by Crippen LogP contribution is 2.11. The van der Waals surface area contributed by atoms with Gasteiger partial charge in [0, 0.05) is 0 Å². The second-order valence-corrected chi connectivity index (χ2v) is 4.06. The fourth-order valence-corrected chi connectivity index (χ4v) is 1.79. The summed E-state index contributed by atoms with van der Waals surface area (Å²) in [5.74, 6) is -0.945. The zero-order chi connectivity index (χ0) is 12.4. The number of aryl methyl sites for hydroxylation is 2. The van der Waals surface area contributed by atoms with Crippen molar-refractivity contribution < 1.29 is 9.90 Å². The molecule has 0 fully saturated rings. The average Bonchev–Trinajstić information content (AvgIpc) is 2.63. The first kappa shape index (κ1) is 11.4. The molecule has 0 bridgehead atoms. The number of rotatable bonds is 3. The Kier molecular flexibility index (Phi) is 2.95. The minimum absolute atomic E-state index is 0.228. The van der Waals surface area contributed by atoms with Crippen molar-refractivity contribution in [1.82, 2.24) is 9.78 Å². The van der Waals surface area contributed by atoms with E-state index in [9.17, 15) is 4.79 Å².